The molecule has 72 valence electrons. The number of rotatable bonds is 3. The zero-order chi connectivity index (χ0) is 9.10. The molecule has 0 spiro atoms. The lowest BCUT2D eigenvalue weighted by molar-refractivity contribution is 0.411. The molecule has 1 aromatic rings. The summed E-state index contributed by atoms with van der Waals surface area (Å²) in [5.41, 5.74) is 1.37. The van der Waals surface area contributed by atoms with Gasteiger partial charge in [0.15, 0.2) is 0 Å². The number of aromatic amines is 1. The monoisotopic (exact) mass is 179 g/mol. The van der Waals surface area contributed by atoms with E-state index in [1.807, 2.05) is 13.2 Å². The van der Waals surface area contributed by atoms with Gasteiger partial charge in [-0.15, -0.1) is 0 Å². The maximum atomic E-state index is 3.40. The van der Waals surface area contributed by atoms with Gasteiger partial charge in [0.1, 0.15) is 0 Å². The molecule has 1 fully saturated rings. The molecular formula is C10H17N3. The first-order chi connectivity index (χ1) is 6.42. The van der Waals surface area contributed by atoms with Gasteiger partial charge in [-0.1, -0.05) is 0 Å². The molecule has 1 aromatic heterocycles. The van der Waals surface area contributed by atoms with Crippen LogP contribution in [0.4, 0.5) is 0 Å². The normalized spacial score (nSPS) is 24.8. The van der Waals surface area contributed by atoms with E-state index >= 15 is 0 Å². The molecule has 2 rings (SSSR count). The van der Waals surface area contributed by atoms with E-state index in [4.69, 9.17) is 0 Å². The van der Waals surface area contributed by atoms with Crippen molar-refractivity contribution in [2.75, 3.05) is 20.1 Å². The topological polar surface area (TPSA) is 39.9 Å². The third-order valence-corrected chi connectivity index (χ3v) is 2.86. The second-order valence-corrected chi connectivity index (χ2v) is 3.66. The standard InChI is InChI=1S/C10H17N3/c1-11-10(8-2-4-12-6-8)9-3-5-13-7-9/h2,4,6,9-13H,3,5,7H2,1H3. The highest BCUT2D eigenvalue weighted by molar-refractivity contribution is 5.15. The molecule has 1 aliphatic rings. The third kappa shape index (κ3) is 1.76. The highest BCUT2D eigenvalue weighted by Crippen LogP contribution is 2.25. The number of nitrogens with one attached hydrogen (secondary N) is 3. The zero-order valence-corrected chi connectivity index (χ0v) is 8.01. The van der Waals surface area contributed by atoms with E-state index in [1.165, 1.54) is 12.0 Å². The first-order valence-electron chi connectivity index (χ1n) is 4.92. The van der Waals surface area contributed by atoms with E-state index in [2.05, 4.69) is 27.9 Å². The summed E-state index contributed by atoms with van der Waals surface area (Å²) < 4.78 is 0. The Morgan fingerprint density at radius 1 is 1.62 bits per heavy atom. The summed E-state index contributed by atoms with van der Waals surface area (Å²) in [7, 11) is 2.04. The predicted octanol–water partition coefficient (Wildman–Crippen LogP) is 0.885. The lowest BCUT2D eigenvalue weighted by atomic mass is 9.94. The predicted molar refractivity (Wildman–Crippen MR) is 53.6 cm³/mol. The van der Waals surface area contributed by atoms with Crippen molar-refractivity contribution in [1.29, 1.82) is 0 Å². The fourth-order valence-electron chi connectivity index (χ4n) is 2.17. The quantitative estimate of drug-likeness (QED) is 0.644. The molecule has 1 aliphatic heterocycles. The maximum absolute atomic E-state index is 3.40. The summed E-state index contributed by atoms with van der Waals surface area (Å²) in [6, 6.07) is 2.65. The van der Waals surface area contributed by atoms with E-state index in [0.717, 1.165) is 19.0 Å². The van der Waals surface area contributed by atoms with Crippen LogP contribution in [0.15, 0.2) is 18.5 Å². The molecule has 2 unspecified atom stereocenters. The average Bonchev–Trinajstić information content (AvgIpc) is 2.76. The van der Waals surface area contributed by atoms with E-state index in [-0.39, 0.29) is 0 Å². The first-order valence-corrected chi connectivity index (χ1v) is 4.92. The Hall–Kier alpha value is -0.800. The van der Waals surface area contributed by atoms with Crippen LogP contribution < -0.4 is 10.6 Å². The zero-order valence-electron chi connectivity index (χ0n) is 8.01. The van der Waals surface area contributed by atoms with Crippen LogP contribution in [0.5, 0.6) is 0 Å². The Bertz CT molecular complexity index is 237. The van der Waals surface area contributed by atoms with Gasteiger partial charge in [-0.25, -0.2) is 0 Å². The number of hydrogen-bond donors (Lipinski definition) is 3. The van der Waals surface area contributed by atoms with Crippen LogP contribution in [0, 0.1) is 5.92 Å². The second-order valence-electron chi connectivity index (χ2n) is 3.66. The SMILES string of the molecule is CNC(c1cc[nH]c1)C1CCNC1. The van der Waals surface area contributed by atoms with Gasteiger partial charge < -0.3 is 15.6 Å². The van der Waals surface area contributed by atoms with Crippen molar-refractivity contribution in [2.45, 2.75) is 12.5 Å². The third-order valence-electron chi connectivity index (χ3n) is 2.86. The van der Waals surface area contributed by atoms with E-state index in [1.54, 1.807) is 0 Å². The largest absolute Gasteiger partial charge is 0.367 e. The van der Waals surface area contributed by atoms with Gasteiger partial charge in [-0.2, -0.15) is 0 Å². The van der Waals surface area contributed by atoms with Crippen LogP contribution in [-0.2, 0) is 0 Å². The van der Waals surface area contributed by atoms with E-state index in [0.29, 0.717) is 6.04 Å². The van der Waals surface area contributed by atoms with Gasteiger partial charge in [0.25, 0.3) is 0 Å². The molecule has 13 heavy (non-hydrogen) atoms. The highest BCUT2D eigenvalue weighted by Gasteiger charge is 2.24. The molecule has 3 heteroatoms. The summed E-state index contributed by atoms with van der Waals surface area (Å²) in [6.07, 6.45) is 5.35. The molecular weight excluding hydrogens is 162 g/mol. The summed E-state index contributed by atoms with van der Waals surface area (Å²) in [5, 5.41) is 6.79. The van der Waals surface area contributed by atoms with Crippen molar-refractivity contribution in [2.24, 2.45) is 5.92 Å². The van der Waals surface area contributed by atoms with Gasteiger partial charge in [0.05, 0.1) is 0 Å². The molecule has 2 atom stereocenters. The van der Waals surface area contributed by atoms with Crippen molar-refractivity contribution >= 4 is 0 Å². The minimum atomic E-state index is 0.501. The van der Waals surface area contributed by atoms with E-state index < -0.39 is 0 Å². The fourth-order valence-corrected chi connectivity index (χ4v) is 2.17. The van der Waals surface area contributed by atoms with Gasteiger partial charge in [0, 0.05) is 18.4 Å². The van der Waals surface area contributed by atoms with Crippen molar-refractivity contribution in [3.8, 4) is 0 Å². The Balaban J connectivity index is 2.08. The smallest absolute Gasteiger partial charge is 0.0373 e. The lowest BCUT2D eigenvalue weighted by Crippen LogP contribution is -2.26. The molecule has 1 saturated heterocycles. The van der Waals surface area contributed by atoms with Crippen LogP contribution in [0.25, 0.3) is 0 Å². The van der Waals surface area contributed by atoms with Crippen molar-refractivity contribution in [3.05, 3.63) is 24.0 Å². The summed E-state index contributed by atoms with van der Waals surface area (Å²) >= 11 is 0. The van der Waals surface area contributed by atoms with Crippen molar-refractivity contribution < 1.29 is 0 Å². The highest BCUT2D eigenvalue weighted by atomic mass is 15.0. The van der Waals surface area contributed by atoms with Crippen LogP contribution in [-0.4, -0.2) is 25.1 Å². The molecule has 0 aromatic carbocycles. The fraction of sp³-hybridized carbons (Fsp3) is 0.600. The Morgan fingerprint density at radius 2 is 2.54 bits per heavy atom. The number of aromatic nitrogens is 1. The number of H-pyrrole nitrogens is 1. The minimum absolute atomic E-state index is 0.501. The van der Waals surface area contributed by atoms with Crippen LogP contribution in [0.1, 0.15) is 18.0 Å². The van der Waals surface area contributed by atoms with Crippen molar-refractivity contribution in [1.82, 2.24) is 15.6 Å². The molecule has 2 heterocycles. The van der Waals surface area contributed by atoms with Gasteiger partial charge in [-0.3, -0.25) is 0 Å². The summed E-state index contributed by atoms with van der Waals surface area (Å²) in [6.45, 7) is 2.30. The van der Waals surface area contributed by atoms with Crippen LogP contribution in [0.2, 0.25) is 0 Å². The Morgan fingerprint density at radius 3 is 3.08 bits per heavy atom. The first kappa shape index (κ1) is 8.78. The molecule has 0 aliphatic carbocycles. The van der Waals surface area contributed by atoms with Gasteiger partial charge >= 0.3 is 0 Å². The molecule has 3 N–H and O–H groups in total. The molecule has 0 radical (unpaired) electrons. The number of hydrogen-bond acceptors (Lipinski definition) is 2. The Kier molecular flexibility index (Phi) is 2.66. The lowest BCUT2D eigenvalue weighted by Gasteiger charge is -2.21. The van der Waals surface area contributed by atoms with Gasteiger partial charge in [-0.05, 0) is 44.1 Å². The molecule has 0 bridgehead atoms. The minimum Gasteiger partial charge on any atom is -0.367 e. The summed E-state index contributed by atoms with van der Waals surface area (Å²) in [5.74, 6) is 0.737. The summed E-state index contributed by atoms with van der Waals surface area (Å²) in [4.78, 5) is 3.11. The molecule has 3 nitrogen and oxygen atoms in total. The van der Waals surface area contributed by atoms with Crippen molar-refractivity contribution in [3.63, 3.8) is 0 Å². The molecule has 0 saturated carbocycles. The average molecular weight is 179 g/mol. The van der Waals surface area contributed by atoms with Gasteiger partial charge in [0.2, 0.25) is 0 Å². The van der Waals surface area contributed by atoms with Crippen LogP contribution in [0.3, 0.4) is 0 Å². The van der Waals surface area contributed by atoms with Crippen LogP contribution >= 0.6 is 0 Å². The van der Waals surface area contributed by atoms with E-state index in [9.17, 15) is 0 Å². The maximum Gasteiger partial charge on any atom is 0.0373 e. The Labute approximate surface area is 78.9 Å². The molecule has 0 amide bonds. The second kappa shape index (κ2) is 3.94.